The molecule has 0 aromatic heterocycles. The van der Waals surface area contributed by atoms with Gasteiger partial charge in [0.25, 0.3) is 0 Å². The van der Waals surface area contributed by atoms with Gasteiger partial charge in [0.1, 0.15) is 12.4 Å². The molecule has 0 fully saturated rings. The number of rotatable bonds is 6. The molecule has 0 bridgehead atoms. The molecule has 0 aliphatic carbocycles. The Morgan fingerprint density at radius 1 is 1.24 bits per heavy atom. The molecule has 1 N–H and O–H groups in total. The van der Waals surface area contributed by atoms with Gasteiger partial charge in [-0.25, -0.2) is 12.8 Å². The van der Waals surface area contributed by atoms with Crippen molar-refractivity contribution in [2.75, 3.05) is 17.1 Å². The summed E-state index contributed by atoms with van der Waals surface area (Å²) in [7, 11) is -3.63. The van der Waals surface area contributed by atoms with Gasteiger partial charge in [0.2, 0.25) is 15.9 Å². The Labute approximate surface area is 155 Å². The van der Waals surface area contributed by atoms with Gasteiger partial charge < -0.3 is 5.32 Å². The summed E-state index contributed by atoms with van der Waals surface area (Å²) in [6, 6.07) is 12.1. The van der Waals surface area contributed by atoms with Crippen LogP contribution in [-0.4, -0.2) is 27.1 Å². The van der Waals surface area contributed by atoms with Crippen LogP contribution in [0.4, 0.5) is 10.1 Å². The summed E-state index contributed by atoms with van der Waals surface area (Å²) in [6.07, 6.45) is 1.05. The molecule has 0 saturated heterocycles. The van der Waals surface area contributed by atoms with Gasteiger partial charge in [0, 0.05) is 4.47 Å². The fraction of sp³-hybridized carbons (Fsp3) is 0.235. The minimum absolute atomic E-state index is 0.346. The van der Waals surface area contributed by atoms with Crippen LogP contribution >= 0.6 is 15.9 Å². The van der Waals surface area contributed by atoms with Crippen molar-refractivity contribution < 1.29 is 17.6 Å². The highest BCUT2D eigenvalue weighted by Crippen LogP contribution is 2.22. The second-order valence-electron chi connectivity index (χ2n) is 5.59. The number of nitrogens with one attached hydrogen (secondary N) is 1. The standard InChI is InChI=1S/C17H18BrFN2O3S/c1-12(13-6-8-15(19)9-7-13)20-17(22)11-21(25(2,23)24)16-5-3-4-14(18)10-16/h3-10,12H,11H2,1-2H3,(H,20,22)/t12-/m1/s1. The lowest BCUT2D eigenvalue weighted by Crippen LogP contribution is -2.41. The molecule has 134 valence electrons. The number of amides is 1. The summed E-state index contributed by atoms with van der Waals surface area (Å²) in [4.78, 5) is 12.3. The fourth-order valence-electron chi connectivity index (χ4n) is 2.28. The Balaban J connectivity index is 2.13. The third-order valence-corrected chi connectivity index (χ3v) is 5.17. The maximum absolute atomic E-state index is 13.0. The number of halogens is 2. The molecule has 2 aromatic carbocycles. The molecule has 0 aliphatic heterocycles. The fourth-order valence-corrected chi connectivity index (χ4v) is 3.52. The summed E-state index contributed by atoms with van der Waals surface area (Å²) < 4.78 is 38.8. The Morgan fingerprint density at radius 3 is 2.44 bits per heavy atom. The van der Waals surface area contributed by atoms with Crippen molar-refractivity contribution in [3.8, 4) is 0 Å². The molecule has 1 atom stereocenters. The van der Waals surface area contributed by atoms with Gasteiger partial charge >= 0.3 is 0 Å². The molecule has 8 heteroatoms. The van der Waals surface area contributed by atoms with Crippen LogP contribution in [0, 0.1) is 5.82 Å². The highest BCUT2D eigenvalue weighted by molar-refractivity contribution is 9.10. The van der Waals surface area contributed by atoms with Gasteiger partial charge in [-0.3, -0.25) is 9.10 Å². The third-order valence-electron chi connectivity index (χ3n) is 3.53. The normalized spacial score (nSPS) is 12.5. The molecule has 2 aromatic rings. The van der Waals surface area contributed by atoms with Crippen LogP contribution in [0.2, 0.25) is 0 Å². The first kappa shape index (κ1) is 19.4. The maximum atomic E-state index is 13.0. The lowest BCUT2D eigenvalue weighted by Gasteiger charge is -2.23. The van der Waals surface area contributed by atoms with Crippen LogP contribution in [0.15, 0.2) is 53.0 Å². The van der Waals surface area contributed by atoms with Crippen LogP contribution < -0.4 is 9.62 Å². The summed E-state index contributed by atoms with van der Waals surface area (Å²) in [5, 5.41) is 2.72. The molecule has 0 aliphatic rings. The molecule has 25 heavy (non-hydrogen) atoms. The van der Waals surface area contributed by atoms with Gasteiger partial charge in [0.05, 0.1) is 18.0 Å². The molecule has 0 unspecified atom stereocenters. The molecular formula is C17H18BrFN2O3S. The zero-order valence-electron chi connectivity index (χ0n) is 13.7. The van der Waals surface area contributed by atoms with Crippen molar-refractivity contribution in [1.29, 1.82) is 0 Å². The zero-order chi connectivity index (χ0) is 18.6. The number of sulfonamides is 1. The summed E-state index contributed by atoms with van der Waals surface area (Å²) in [6.45, 7) is 1.40. The number of benzene rings is 2. The van der Waals surface area contributed by atoms with Crippen molar-refractivity contribution in [3.05, 3.63) is 64.4 Å². The van der Waals surface area contributed by atoms with E-state index in [4.69, 9.17) is 0 Å². The Kier molecular flexibility index (Phi) is 6.18. The van der Waals surface area contributed by atoms with Crippen molar-refractivity contribution in [3.63, 3.8) is 0 Å². The average molecular weight is 429 g/mol. The minimum atomic E-state index is -3.63. The molecule has 0 spiro atoms. The maximum Gasteiger partial charge on any atom is 0.241 e. The van der Waals surface area contributed by atoms with E-state index in [1.54, 1.807) is 43.3 Å². The number of carbonyl (C=O) groups excluding carboxylic acids is 1. The molecule has 2 rings (SSSR count). The quantitative estimate of drug-likeness (QED) is 0.767. The Morgan fingerprint density at radius 2 is 1.88 bits per heavy atom. The second-order valence-corrected chi connectivity index (χ2v) is 8.41. The van der Waals surface area contributed by atoms with Crippen molar-refractivity contribution in [2.24, 2.45) is 0 Å². The van der Waals surface area contributed by atoms with Crippen molar-refractivity contribution >= 4 is 37.5 Å². The number of carbonyl (C=O) groups is 1. The molecule has 0 radical (unpaired) electrons. The minimum Gasteiger partial charge on any atom is -0.348 e. The van der Waals surface area contributed by atoms with Gasteiger partial charge in [-0.2, -0.15) is 0 Å². The molecule has 5 nitrogen and oxygen atoms in total. The van der Waals surface area contributed by atoms with Crippen LogP contribution in [0.5, 0.6) is 0 Å². The Bertz CT molecular complexity index is 856. The van der Waals surface area contributed by atoms with E-state index in [-0.39, 0.29) is 18.4 Å². The van der Waals surface area contributed by atoms with Gasteiger partial charge in [-0.05, 0) is 42.8 Å². The predicted octanol–water partition coefficient (Wildman–Crippen LogP) is 3.23. The highest BCUT2D eigenvalue weighted by atomic mass is 79.9. The highest BCUT2D eigenvalue weighted by Gasteiger charge is 2.22. The molecule has 0 heterocycles. The first-order valence-corrected chi connectivity index (χ1v) is 10.1. The molecule has 1 amide bonds. The lowest BCUT2D eigenvalue weighted by molar-refractivity contribution is -0.120. The number of hydrogen-bond donors (Lipinski definition) is 1. The first-order valence-electron chi connectivity index (χ1n) is 7.45. The summed E-state index contributed by atoms with van der Waals surface area (Å²) in [5.41, 5.74) is 1.12. The van der Waals surface area contributed by atoms with E-state index in [1.165, 1.54) is 12.1 Å². The topological polar surface area (TPSA) is 66.5 Å². The average Bonchev–Trinajstić information content (AvgIpc) is 2.52. The SMILES string of the molecule is C[C@@H](NC(=O)CN(c1cccc(Br)c1)S(C)(=O)=O)c1ccc(F)cc1. The third kappa shape index (κ3) is 5.54. The van der Waals surface area contributed by atoms with Crippen molar-refractivity contribution in [1.82, 2.24) is 5.32 Å². The molecule has 0 saturated carbocycles. The molecular weight excluding hydrogens is 411 g/mol. The van der Waals surface area contributed by atoms with Gasteiger partial charge in [-0.1, -0.05) is 34.1 Å². The van der Waals surface area contributed by atoms with Crippen LogP contribution in [-0.2, 0) is 14.8 Å². The predicted molar refractivity (Wildman–Crippen MR) is 99.3 cm³/mol. The van der Waals surface area contributed by atoms with E-state index >= 15 is 0 Å². The smallest absolute Gasteiger partial charge is 0.241 e. The van der Waals surface area contributed by atoms with E-state index in [9.17, 15) is 17.6 Å². The Hall–Kier alpha value is -1.93. The van der Waals surface area contributed by atoms with Gasteiger partial charge in [-0.15, -0.1) is 0 Å². The lowest BCUT2D eigenvalue weighted by atomic mass is 10.1. The first-order chi connectivity index (χ1) is 11.7. The van der Waals surface area contributed by atoms with Gasteiger partial charge in [0.15, 0.2) is 0 Å². The van der Waals surface area contributed by atoms with Crippen LogP contribution in [0.3, 0.4) is 0 Å². The zero-order valence-corrected chi connectivity index (χ0v) is 16.1. The number of nitrogens with zero attached hydrogens (tertiary/aromatic N) is 1. The van der Waals surface area contributed by atoms with E-state index in [2.05, 4.69) is 21.2 Å². The number of hydrogen-bond acceptors (Lipinski definition) is 3. The number of anilines is 1. The van der Waals surface area contributed by atoms with Crippen LogP contribution in [0.1, 0.15) is 18.5 Å². The van der Waals surface area contributed by atoms with Crippen molar-refractivity contribution in [2.45, 2.75) is 13.0 Å². The van der Waals surface area contributed by atoms with E-state index < -0.39 is 15.9 Å². The van der Waals surface area contributed by atoms with E-state index in [0.717, 1.165) is 16.1 Å². The monoisotopic (exact) mass is 428 g/mol. The van der Waals surface area contributed by atoms with E-state index in [0.29, 0.717) is 10.2 Å². The summed E-state index contributed by atoms with van der Waals surface area (Å²) in [5.74, 6) is -0.817. The summed E-state index contributed by atoms with van der Waals surface area (Å²) >= 11 is 3.29. The van der Waals surface area contributed by atoms with Crippen LogP contribution in [0.25, 0.3) is 0 Å². The van der Waals surface area contributed by atoms with E-state index in [1.807, 2.05) is 0 Å². The largest absolute Gasteiger partial charge is 0.348 e. The second kappa shape index (κ2) is 7.97.